The number of carbonyl (C=O) groups excluding carboxylic acids is 2. The van der Waals surface area contributed by atoms with Gasteiger partial charge in [-0.1, -0.05) is 20.8 Å². The van der Waals surface area contributed by atoms with Crippen LogP contribution in [0.2, 0.25) is 0 Å². The van der Waals surface area contributed by atoms with Crippen molar-refractivity contribution in [1.82, 2.24) is 15.5 Å². The Kier molecular flexibility index (Phi) is 5.02. The predicted molar refractivity (Wildman–Crippen MR) is 78.1 cm³/mol. The van der Waals surface area contributed by atoms with Crippen LogP contribution in [-0.4, -0.2) is 48.9 Å². The van der Waals surface area contributed by atoms with E-state index in [1.807, 2.05) is 18.7 Å². The number of amides is 2. The minimum absolute atomic E-state index is 0.0278. The maximum atomic E-state index is 12.4. The van der Waals surface area contributed by atoms with Gasteiger partial charge >= 0.3 is 0 Å². The lowest BCUT2D eigenvalue weighted by molar-refractivity contribution is -0.137. The summed E-state index contributed by atoms with van der Waals surface area (Å²) in [7, 11) is 0. The number of carbonyl (C=O) groups is 2. The van der Waals surface area contributed by atoms with Crippen LogP contribution in [0, 0.1) is 17.8 Å². The van der Waals surface area contributed by atoms with Gasteiger partial charge in [0.25, 0.3) is 0 Å². The Hall–Kier alpha value is -1.10. The summed E-state index contributed by atoms with van der Waals surface area (Å²) >= 11 is 0. The summed E-state index contributed by atoms with van der Waals surface area (Å²) in [5, 5.41) is 6.35. The van der Waals surface area contributed by atoms with Gasteiger partial charge in [-0.3, -0.25) is 9.59 Å². The van der Waals surface area contributed by atoms with Crippen molar-refractivity contribution < 1.29 is 9.59 Å². The number of hydrogen-bond acceptors (Lipinski definition) is 3. The van der Waals surface area contributed by atoms with Crippen molar-refractivity contribution in [3.05, 3.63) is 0 Å². The zero-order valence-corrected chi connectivity index (χ0v) is 12.8. The highest BCUT2D eigenvalue weighted by atomic mass is 16.2. The maximum absolute atomic E-state index is 12.4. The first-order chi connectivity index (χ1) is 9.49. The first-order valence-corrected chi connectivity index (χ1v) is 7.79. The van der Waals surface area contributed by atoms with Crippen LogP contribution >= 0.6 is 0 Å². The molecule has 2 aliphatic heterocycles. The third kappa shape index (κ3) is 3.51. The predicted octanol–water partition coefficient (Wildman–Crippen LogP) is 0.605. The Morgan fingerprint density at radius 3 is 2.35 bits per heavy atom. The second kappa shape index (κ2) is 6.57. The number of rotatable bonds is 3. The van der Waals surface area contributed by atoms with Gasteiger partial charge in [-0.05, 0) is 25.3 Å². The van der Waals surface area contributed by atoms with Crippen molar-refractivity contribution >= 4 is 11.8 Å². The number of nitrogens with zero attached hydrogens (tertiary/aromatic N) is 1. The summed E-state index contributed by atoms with van der Waals surface area (Å²) in [4.78, 5) is 26.1. The number of nitrogens with one attached hydrogen (secondary N) is 2. The molecule has 0 aromatic carbocycles. The zero-order chi connectivity index (χ0) is 14.7. The van der Waals surface area contributed by atoms with Crippen molar-refractivity contribution in [2.45, 2.75) is 39.7 Å². The topological polar surface area (TPSA) is 61.4 Å². The van der Waals surface area contributed by atoms with Crippen LogP contribution in [0.5, 0.6) is 0 Å². The van der Waals surface area contributed by atoms with Gasteiger partial charge in [-0.2, -0.15) is 0 Å². The molecule has 114 valence electrons. The molecule has 0 aliphatic carbocycles. The van der Waals surface area contributed by atoms with E-state index in [2.05, 4.69) is 17.6 Å². The lowest BCUT2D eigenvalue weighted by Gasteiger charge is -2.34. The van der Waals surface area contributed by atoms with E-state index in [0.29, 0.717) is 5.92 Å². The highest BCUT2D eigenvalue weighted by Gasteiger charge is 2.34. The lowest BCUT2D eigenvalue weighted by Crippen LogP contribution is -2.49. The molecule has 0 spiro atoms. The van der Waals surface area contributed by atoms with Gasteiger partial charge in [0.05, 0.1) is 5.92 Å². The minimum atomic E-state index is 0.0278. The fourth-order valence-electron chi connectivity index (χ4n) is 2.99. The van der Waals surface area contributed by atoms with Gasteiger partial charge in [0.15, 0.2) is 0 Å². The van der Waals surface area contributed by atoms with Crippen LogP contribution in [0.15, 0.2) is 0 Å². The van der Waals surface area contributed by atoms with E-state index >= 15 is 0 Å². The lowest BCUT2D eigenvalue weighted by atomic mass is 9.95. The molecule has 0 saturated carbocycles. The van der Waals surface area contributed by atoms with E-state index in [1.165, 1.54) is 0 Å². The molecule has 0 aromatic rings. The standard InChI is InChI=1S/C15H27N3O2/c1-10(2)14(19)17-12-4-6-18(7-5-12)15(20)13-9-16-8-11(13)3/h10-13,16H,4-9H2,1-3H3,(H,17,19)/t11-,13-/m1/s1. The monoisotopic (exact) mass is 281 g/mol. The molecule has 2 rings (SSSR count). The molecule has 2 heterocycles. The average molecular weight is 281 g/mol. The summed E-state index contributed by atoms with van der Waals surface area (Å²) in [6.07, 6.45) is 1.75. The Morgan fingerprint density at radius 1 is 1.20 bits per heavy atom. The number of hydrogen-bond donors (Lipinski definition) is 2. The van der Waals surface area contributed by atoms with Crippen LogP contribution in [0.3, 0.4) is 0 Å². The van der Waals surface area contributed by atoms with Gasteiger partial charge < -0.3 is 15.5 Å². The smallest absolute Gasteiger partial charge is 0.227 e. The zero-order valence-electron chi connectivity index (χ0n) is 12.8. The highest BCUT2D eigenvalue weighted by Crippen LogP contribution is 2.21. The van der Waals surface area contributed by atoms with E-state index in [9.17, 15) is 9.59 Å². The molecule has 0 unspecified atom stereocenters. The molecule has 2 saturated heterocycles. The molecule has 2 atom stereocenters. The largest absolute Gasteiger partial charge is 0.353 e. The summed E-state index contributed by atoms with van der Waals surface area (Å²) < 4.78 is 0. The molecule has 20 heavy (non-hydrogen) atoms. The molecule has 5 nitrogen and oxygen atoms in total. The summed E-state index contributed by atoms with van der Waals surface area (Å²) in [5.74, 6) is 0.997. The quantitative estimate of drug-likeness (QED) is 0.796. The molecular formula is C15H27N3O2. The molecule has 0 bridgehead atoms. The molecule has 0 aromatic heterocycles. The Balaban J connectivity index is 1.79. The van der Waals surface area contributed by atoms with Gasteiger partial charge in [0.1, 0.15) is 0 Å². The van der Waals surface area contributed by atoms with E-state index < -0.39 is 0 Å². The molecule has 2 aliphatic rings. The molecule has 2 N–H and O–H groups in total. The molecular weight excluding hydrogens is 254 g/mol. The van der Waals surface area contributed by atoms with E-state index in [4.69, 9.17) is 0 Å². The summed E-state index contributed by atoms with van der Waals surface area (Å²) in [6.45, 7) is 9.24. The highest BCUT2D eigenvalue weighted by molar-refractivity contribution is 5.80. The van der Waals surface area contributed by atoms with Crippen molar-refractivity contribution in [2.24, 2.45) is 17.8 Å². The molecule has 0 radical (unpaired) electrons. The third-order valence-electron chi connectivity index (χ3n) is 4.51. The number of likely N-dealkylation sites (tertiary alicyclic amines) is 1. The van der Waals surface area contributed by atoms with E-state index in [1.54, 1.807) is 0 Å². The summed E-state index contributed by atoms with van der Waals surface area (Å²) in [6, 6.07) is 0.230. The van der Waals surface area contributed by atoms with Crippen LogP contribution in [0.4, 0.5) is 0 Å². The fraction of sp³-hybridized carbons (Fsp3) is 0.867. The van der Waals surface area contributed by atoms with Crippen LogP contribution in [-0.2, 0) is 9.59 Å². The molecule has 2 amide bonds. The summed E-state index contributed by atoms with van der Waals surface area (Å²) in [5.41, 5.74) is 0. The van der Waals surface area contributed by atoms with Gasteiger partial charge in [-0.25, -0.2) is 0 Å². The first kappa shape index (κ1) is 15.3. The Labute approximate surface area is 121 Å². The van der Waals surface area contributed by atoms with Crippen molar-refractivity contribution in [2.75, 3.05) is 26.2 Å². The normalized spacial score (nSPS) is 27.9. The van der Waals surface area contributed by atoms with Crippen molar-refractivity contribution in [1.29, 1.82) is 0 Å². The second-order valence-electron chi connectivity index (χ2n) is 6.50. The van der Waals surface area contributed by atoms with Crippen LogP contribution < -0.4 is 10.6 Å². The minimum Gasteiger partial charge on any atom is -0.353 e. The third-order valence-corrected chi connectivity index (χ3v) is 4.51. The Morgan fingerprint density at radius 2 is 1.85 bits per heavy atom. The van der Waals surface area contributed by atoms with E-state index in [-0.39, 0.29) is 29.7 Å². The van der Waals surface area contributed by atoms with Gasteiger partial charge in [-0.15, -0.1) is 0 Å². The van der Waals surface area contributed by atoms with Crippen molar-refractivity contribution in [3.63, 3.8) is 0 Å². The first-order valence-electron chi connectivity index (χ1n) is 7.79. The SMILES string of the molecule is CC(C)C(=O)NC1CCN(C(=O)[C@@H]2CNC[C@H]2C)CC1. The van der Waals surface area contributed by atoms with Crippen LogP contribution in [0.25, 0.3) is 0 Å². The average Bonchev–Trinajstić information content (AvgIpc) is 2.85. The maximum Gasteiger partial charge on any atom is 0.227 e. The second-order valence-corrected chi connectivity index (χ2v) is 6.50. The van der Waals surface area contributed by atoms with Gasteiger partial charge in [0, 0.05) is 31.6 Å². The van der Waals surface area contributed by atoms with E-state index in [0.717, 1.165) is 39.0 Å². The molecule has 5 heteroatoms. The molecule has 2 fully saturated rings. The Bertz CT molecular complexity index is 362. The van der Waals surface area contributed by atoms with Gasteiger partial charge in [0.2, 0.25) is 11.8 Å². The van der Waals surface area contributed by atoms with Crippen molar-refractivity contribution in [3.8, 4) is 0 Å². The van der Waals surface area contributed by atoms with Crippen LogP contribution in [0.1, 0.15) is 33.6 Å². The number of piperidine rings is 1. The fourth-order valence-corrected chi connectivity index (χ4v) is 2.99.